The molecule has 4 nitrogen and oxygen atoms in total. The van der Waals surface area contributed by atoms with Crippen molar-refractivity contribution in [2.75, 3.05) is 7.11 Å². The first-order valence-electron chi connectivity index (χ1n) is 5.03. The SMILES string of the molecule is COC(=O)CCC(O)(C=C=C(C)C)C(C)=O. The second-order valence-electron chi connectivity index (χ2n) is 3.85. The zero-order valence-corrected chi connectivity index (χ0v) is 10.2. The first-order chi connectivity index (χ1) is 7.31. The van der Waals surface area contributed by atoms with Crippen molar-refractivity contribution in [2.45, 2.75) is 39.2 Å². The lowest BCUT2D eigenvalue weighted by atomic mass is 9.93. The first kappa shape index (κ1) is 14.6. The molecule has 1 N–H and O–H groups in total. The van der Waals surface area contributed by atoms with Crippen LogP contribution in [0.2, 0.25) is 0 Å². The fraction of sp³-hybridized carbons (Fsp3) is 0.583. The van der Waals surface area contributed by atoms with Gasteiger partial charge in [-0.1, -0.05) is 0 Å². The summed E-state index contributed by atoms with van der Waals surface area (Å²) in [6.07, 6.45) is 1.30. The van der Waals surface area contributed by atoms with Crippen LogP contribution in [0.5, 0.6) is 0 Å². The summed E-state index contributed by atoms with van der Waals surface area (Å²) in [6, 6.07) is 0. The Labute approximate surface area is 95.6 Å². The summed E-state index contributed by atoms with van der Waals surface area (Å²) in [5.41, 5.74) is 1.99. The van der Waals surface area contributed by atoms with E-state index in [0.29, 0.717) is 0 Å². The minimum Gasteiger partial charge on any atom is -0.469 e. The second-order valence-corrected chi connectivity index (χ2v) is 3.85. The molecule has 0 aliphatic rings. The molecule has 0 aliphatic carbocycles. The molecule has 0 bridgehead atoms. The van der Waals surface area contributed by atoms with Crippen LogP contribution in [-0.2, 0) is 14.3 Å². The lowest BCUT2D eigenvalue weighted by Crippen LogP contribution is -2.35. The van der Waals surface area contributed by atoms with Crippen molar-refractivity contribution in [3.8, 4) is 0 Å². The summed E-state index contributed by atoms with van der Waals surface area (Å²) in [6.45, 7) is 4.88. The number of hydrogen-bond acceptors (Lipinski definition) is 4. The van der Waals surface area contributed by atoms with Gasteiger partial charge >= 0.3 is 5.97 Å². The van der Waals surface area contributed by atoms with Gasteiger partial charge in [0.15, 0.2) is 5.78 Å². The molecule has 0 saturated carbocycles. The summed E-state index contributed by atoms with van der Waals surface area (Å²) in [5.74, 6) is -0.865. The summed E-state index contributed by atoms with van der Waals surface area (Å²) < 4.78 is 4.45. The lowest BCUT2D eigenvalue weighted by molar-refractivity contribution is -0.142. The molecule has 1 atom stereocenters. The Morgan fingerprint density at radius 2 is 1.94 bits per heavy atom. The summed E-state index contributed by atoms with van der Waals surface area (Å²) in [4.78, 5) is 22.2. The summed E-state index contributed by atoms with van der Waals surface area (Å²) >= 11 is 0. The van der Waals surface area contributed by atoms with Crippen molar-refractivity contribution < 1.29 is 19.4 Å². The van der Waals surface area contributed by atoms with E-state index in [-0.39, 0.29) is 12.8 Å². The van der Waals surface area contributed by atoms with Crippen molar-refractivity contribution in [3.05, 3.63) is 17.4 Å². The van der Waals surface area contributed by atoms with Gasteiger partial charge in [0.1, 0.15) is 5.60 Å². The Balaban J connectivity index is 4.79. The minimum atomic E-state index is -1.63. The van der Waals surface area contributed by atoms with Gasteiger partial charge in [0.05, 0.1) is 7.11 Å². The maximum absolute atomic E-state index is 11.3. The molecule has 4 heteroatoms. The van der Waals surface area contributed by atoms with Gasteiger partial charge in [0.25, 0.3) is 0 Å². The molecule has 0 saturated heterocycles. The molecule has 0 radical (unpaired) electrons. The molecular weight excluding hydrogens is 208 g/mol. The zero-order valence-electron chi connectivity index (χ0n) is 10.2. The number of ether oxygens (including phenoxy) is 1. The van der Waals surface area contributed by atoms with Crippen molar-refractivity contribution in [1.29, 1.82) is 0 Å². The number of aliphatic hydroxyl groups is 1. The van der Waals surface area contributed by atoms with E-state index in [2.05, 4.69) is 10.5 Å². The number of carbonyl (C=O) groups is 2. The Kier molecular flexibility index (Phi) is 5.72. The van der Waals surface area contributed by atoms with Crippen LogP contribution < -0.4 is 0 Å². The van der Waals surface area contributed by atoms with Gasteiger partial charge in [-0.15, -0.1) is 5.73 Å². The fourth-order valence-corrected chi connectivity index (χ4v) is 1.01. The highest BCUT2D eigenvalue weighted by atomic mass is 16.5. The summed E-state index contributed by atoms with van der Waals surface area (Å²) in [5, 5.41) is 9.99. The Morgan fingerprint density at radius 1 is 1.38 bits per heavy atom. The monoisotopic (exact) mass is 226 g/mol. The normalized spacial score (nSPS) is 13.3. The van der Waals surface area contributed by atoms with E-state index in [1.807, 2.05) is 0 Å². The molecule has 0 heterocycles. The van der Waals surface area contributed by atoms with Gasteiger partial charge in [0, 0.05) is 6.42 Å². The van der Waals surface area contributed by atoms with Gasteiger partial charge in [-0.3, -0.25) is 9.59 Å². The Bertz CT molecular complexity index is 333. The van der Waals surface area contributed by atoms with Crippen LogP contribution in [0.15, 0.2) is 17.4 Å². The third-order valence-corrected chi connectivity index (χ3v) is 2.15. The van der Waals surface area contributed by atoms with E-state index in [4.69, 9.17) is 0 Å². The Morgan fingerprint density at radius 3 is 2.31 bits per heavy atom. The molecule has 0 aromatic carbocycles. The standard InChI is InChI=1S/C12H18O4/c1-9(2)5-7-12(15,10(3)13)8-6-11(14)16-4/h7,15H,6,8H2,1-4H3. The quantitative estimate of drug-likeness (QED) is 0.568. The van der Waals surface area contributed by atoms with E-state index in [1.54, 1.807) is 13.8 Å². The highest BCUT2D eigenvalue weighted by Crippen LogP contribution is 2.16. The zero-order chi connectivity index (χ0) is 12.8. The van der Waals surface area contributed by atoms with Crippen LogP contribution in [0.4, 0.5) is 0 Å². The average Bonchev–Trinajstić information content (AvgIpc) is 2.22. The number of esters is 1. The maximum Gasteiger partial charge on any atom is 0.305 e. The number of rotatable bonds is 5. The molecule has 0 spiro atoms. The molecule has 0 aromatic rings. The predicted molar refractivity (Wildman–Crippen MR) is 59.8 cm³/mol. The highest BCUT2D eigenvalue weighted by Gasteiger charge is 2.30. The van der Waals surface area contributed by atoms with Crippen LogP contribution in [0.1, 0.15) is 33.6 Å². The number of carbonyl (C=O) groups excluding carboxylic acids is 2. The third kappa shape index (κ3) is 4.91. The van der Waals surface area contributed by atoms with Crippen LogP contribution in [0.25, 0.3) is 0 Å². The van der Waals surface area contributed by atoms with Crippen LogP contribution in [-0.4, -0.2) is 29.6 Å². The molecule has 90 valence electrons. The van der Waals surface area contributed by atoms with Gasteiger partial charge in [-0.05, 0) is 38.8 Å². The van der Waals surface area contributed by atoms with Crippen LogP contribution >= 0.6 is 0 Å². The molecular formula is C12H18O4. The van der Waals surface area contributed by atoms with Crippen LogP contribution in [0.3, 0.4) is 0 Å². The van der Waals surface area contributed by atoms with Gasteiger partial charge in [-0.2, -0.15) is 0 Å². The molecule has 0 aromatic heterocycles. The smallest absolute Gasteiger partial charge is 0.305 e. The predicted octanol–water partition coefficient (Wildman–Crippen LogP) is 1.38. The van der Waals surface area contributed by atoms with Crippen molar-refractivity contribution in [1.82, 2.24) is 0 Å². The number of Topliss-reactive ketones (excluding diaryl/α,β-unsaturated/α-hetero) is 1. The molecule has 0 amide bonds. The van der Waals surface area contributed by atoms with Gasteiger partial charge in [-0.25, -0.2) is 0 Å². The third-order valence-electron chi connectivity index (χ3n) is 2.15. The Hall–Kier alpha value is -1.38. The first-order valence-corrected chi connectivity index (χ1v) is 5.03. The molecule has 0 rings (SSSR count). The fourth-order valence-electron chi connectivity index (χ4n) is 1.01. The van der Waals surface area contributed by atoms with E-state index >= 15 is 0 Å². The van der Waals surface area contributed by atoms with Crippen molar-refractivity contribution >= 4 is 11.8 Å². The largest absolute Gasteiger partial charge is 0.469 e. The molecule has 0 aliphatic heterocycles. The molecule has 16 heavy (non-hydrogen) atoms. The van der Waals surface area contributed by atoms with Crippen molar-refractivity contribution in [2.24, 2.45) is 0 Å². The number of hydrogen-bond donors (Lipinski definition) is 1. The van der Waals surface area contributed by atoms with E-state index < -0.39 is 17.4 Å². The van der Waals surface area contributed by atoms with Gasteiger partial charge < -0.3 is 9.84 Å². The second kappa shape index (κ2) is 6.26. The average molecular weight is 226 g/mol. The van der Waals surface area contributed by atoms with Crippen LogP contribution in [0, 0.1) is 0 Å². The van der Waals surface area contributed by atoms with E-state index in [0.717, 1.165) is 5.57 Å². The lowest BCUT2D eigenvalue weighted by Gasteiger charge is -2.19. The summed E-state index contributed by atoms with van der Waals surface area (Å²) in [7, 11) is 1.26. The van der Waals surface area contributed by atoms with Gasteiger partial charge in [0.2, 0.25) is 0 Å². The topological polar surface area (TPSA) is 63.6 Å². The number of ketones is 1. The number of methoxy groups -OCH3 is 1. The molecule has 0 fully saturated rings. The molecule has 1 unspecified atom stereocenters. The minimum absolute atomic E-state index is 0.00643. The highest BCUT2D eigenvalue weighted by molar-refractivity contribution is 5.87. The maximum atomic E-state index is 11.3. The van der Waals surface area contributed by atoms with Crippen molar-refractivity contribution in [3.63, 3.8) is 0 Å². The van der Waals surface area contributed by atoms with E-state index in [1.165, 1.54) is 20.1 Å². The van der Waals surface area contributed by atoms with E-state index in [9.17, 15) is 14.7 Å².